The van der Waals surface area contributed by atoms with Crippen LogP contribution in [0.4, 0.5) is 0 Å². The highest BCUT2D eigenvalue weighted by atomic mass is 16.4. The van der Waals surface area contributed by atoms with E-state index in [4.69, 9.17) is 14.6 Å². The first kappa shape index (κ1) is 22.3. The van der Waals surface area contributed by atoms with E-state index < -0.39 is 12.0 Å². The van der Waals surface area contributed by atoms with Crippen molar-refractivity contribution in [1.82, 2.24) is 14.8 Å². The molecule has 0 saturated carbocycles. The second kappa shape index (κ2) is 9.80. The molecule has 1 aliphatic heterocycles. The molecule has 1 N–H and O–H groups in total. The van der Waals surface area contributed by atoms with Gasteiger partial charge in [-0.05, 0) is 30.7 Å². The fourth-order valence-electron chi connectivity index (χ4n) is 4.24. The van der Waals surface area contributed by atoms with Crippen LogP contribution in [0.15, 0.2) is 94.8 Å². The van der Waals surface area contributed by atoms with E-state index >= 15 is 0 Å². The molecule has 0 unspecified atom stereocenters. The average molecular weight is 469 g/mol. The maximum Gasteiger partial charge on any atom is 0.303 e. The van der Waals surface area contributed by atoms with E-state index in [2.05, 4.69) is 5.10 Å². The molecule has 3 heterocycles. The highest BCUT2D eigenvalue weighted by molar-refractivity contribution is 6.01. The largest absolute Gasteiger partial charge is 0.481 e. The Morgan fingerprint density at radius 3 is 2.40 bits per heavy atom. The Morgan fingerprint density at radius 1 is 0.971 bits per heavy atom. The molecule has 0 fully saturated rings. The van der Waals surface area contributed by atoms with E-state index in [1.807, 2.05) is 77.6 Å². The predicted octanol–water partition coefficient (Wildman–Crippen LogP) is 5.06. The number of hydrogen-bond donors (Lipinski definition) is 1. The topological polar surface area (TPSA) is 101 Å². The summed E-state index contributed by atoms with van der Waals surface area (Å²) < 4.78 is 7.38. The number of carboxylic acid groups (broad SMARTS) is 1. The number of hydrazone groups is 1. The maximum absolute atomic E-state index is 13.2. The first-order chi connectivity index (χ1) is 17.1. The van der Waals surface area contributed by atoms with Gasteiger partial charge in [-0.3, -0.25) is 9.59 Å². The lowest BCUT2D eigenvalue weighted by Crippen LogP contribution is -2.27. The zero-order chi connectivity index (χ0) is 24.2. The van der Waals surface area contributed by atoms with Crippen LogP contribution in [0.3, 0.4) is 0 Å². The van der Waals surface area contributed by atoms with Crippen molar-refractivity contribution in [3.8, 4) is 16.9 Å². The summed E-state index contributed by atoms with van der Waals surface area (Å²) in [4.78, 5) is 24.2. The highest BCUT2D eigenvalue weighted by Gasteiger charge is 2.36. The molecule has 4 aromatic rings. The van der Waals surface area contributed by atoms with E-state index in [1.165, 1.54) is 5.01 Å². The third-order valence-electron chi connectivity index (χ3n) is 5.92. The molecule has 2 aromatic heterocycles. The lowest BCUT2D eigenvalue weighted by Gasteiger charge is -2.21. The van der Waals surface area contributed by atoms with Crippen LogP contribution in [0.1, 0.15) is 43.0 Å². The van der Waals surface area contributed by atoms with Crippen LogP contribution in [0.5, 0.6) is 0 Å². The SMILES string of the molecule is O=C(O)CCCC(=O)N1N=C(c2ccco2)C[C@@H]1c1cn(-c2ccccc2)nc1-c1ccccc1. The lowest BCUT2D eigenvalue weighted by atomic mass is 9.98. The van der Waals surface area contributed by atoms with E-state index in [1.54, 1.807) is 12.3 Å². The van der Waals surface area contributed by atoms with Crippen molar-refractivity contribution in [2.75, 3.05) is 0 Å². The number of furan rings is 1. The molecule has 0 radical (unpaired) electrons. The van der Waals surface area contributed by atoms with E-state index in [9.17, 15) is 9.59 Å². The summed E-state index contributed by atoms with van der Waals surface area (Å²) in [7, 11) is 0. The molecule has 0 saturated heterocycles. The number of para-hydroxylation sites is 1. The summed E-state index contributed by atoms with van der Waals surface area (Å²) in [6.07, 6.45) is 4.25. The normalized spacial score (nSPS) is 15.3. The molecule has 8 heteroatoms. The molecular formula is C27H24N4O4. The van der Waals surface area contributed by atoms with Gasteiger partial charge in [0.1, 0.15) is 11.5 Å². The van der Waals surface area contributed by atoms with E-state index in [0.717, 1.165) is 22.5 Å². The minimum Gasteiger partial charge on any atom is -0.481 e. The van der Waals surface area contributed by atoms with Crippen LogP contribution >= 0.6 is 0 Å². The van der Waals surface area contributed by atoms with Crippen LogP contribution in [0.25, 0.3) is 16.9 Å². The van der Waals surface area contributed by atoms with Crippen molar-refractivity contribution in [2.24, 2.45) is 5.10 Å². The smallest absolute Gasteiger partial charge is 0.303 e. The summed E-state index contributed by atoms with van der Waals surface area (Å²) in [5.41, 5.74) is 4.12. The standard InChI is InChI=1S/C27H24N4O4/c32-25(14-7-15-26(33)34)31-23(17-22(28-31)24-13-8-16-35-24)21-18-30(20-11-5-2-6-12-20)29-27(21)19-9-3-1-4-10-19/h1-6,8-13,16,18,23H,7,14-15,17H2,(H,33,34)/t23-/m1/s1. The first-order valence-electron chi connectivity index (χ1n) is 11.5. The molecule has 8 nitrogen and oxygen atoms in total. The van der Waals surface area contributed by atoms with Gasteiger partial charge in [0.15, 0.2) is 0 Å². The van der Waals surface area contributed by atoms with Gasteiger partial charge in [0.05, 0.1) is 23.7 Å². The second-order valence-electron chi connectivity index (χ2n) is 8.31. The molecule has 1 atom stereocenters. The highest BCUT2D eigenvalue weighted by Crippen LogP contribution is 2.38. The number of hydrogen-bond acceptors (Lipinski definition) is 5. The zero-order valence-electron chi connectivity index (χ0n) is 18.9. The molecule has 5 rings (SSSR count). The van der Waals surface area contributed by atoms with Crippen LogP contribution < -0.4 is 0 Å². The van der Waals surface area contributed by atoms with Gasteiger partial charge in [-0.15, -0.1) is 0 Å². The van der Waals surface area contributed by atoms with Crippen LogP contribution in [0, 0.1) is 0 Å². The summed E-state index contributed by atoms with van der Waals surface area (Å²) in [6.45, 7) is 0. The Balaban J connectivity index is 1.55. The zero-order valence-corrected chi connectivity index (χ0v) is 18.9. The van der Waals surface area contributed by atoms with Crippen molar-refractivity contribution < 1.29 is 19.1 Å². The molecule has 2 aromatic carbocycles. The average Bonchev–Trinajstić information content (AvgIpc) is 3.64. The second-order valence-corrected chi connectivity index (χ2v) is 8.31. The number of aliphatic carboxylic acids is 1. The van der Waals surface area contributed by atoms with E-state index in [-0.39, 0.29) is 25.2 Å². The van der Waals surface area contributed by atoms with Crippen molar-refractivity contribution in [3.05, 3.63) is 96.6 Å². The van der Waals surface area contributed by atoms with E-state index in [0.29, 0.717) is 17.9 Å². The van der Waals surface area contributed by atoms with Gasteiger partial charge in [0.2, 0.25) is 5.91 Å². The molecule has 1 amide bonds. The van der Waals surface area contributed by atoms with Gasteiger partial charge in [0.25, 0.3) is 0 Å². The molecule has 1 aliphatic rings. The number of carbonyl (C=O) groups is 2. The number of carbonyl (C=O) groups excluding carboxylic acids is 1. The van der Waals surface area contributed by atoms with Crippen LogP contribution in [0.2, 0.25) is 0 Å². The molecule has 0 aliphatic carbocycles. The Hall–Kier alpha value is -4.46. The summed E-state index contributed by atoms with van der Waals surface area (Å²) >= 11 is 0. The number of aromatic nitrogens is 2. The van der Waals surface area contributed by atoms with Gasteiger partial charge in [-0.25, -0.2) is 9.69 Å². The lowest BCUT2D eigenvalue weighted by molar-refractivity contribution is -0.137. The first-order valence-corrected chi connectivity index (χ1v) is 11.5. The summed E-state index contributed by atoms with van der Waals surface area (Å²) in [6, 6.07) is 22.8. The fraction of sp³-hybridized carbons (Fsp3) is 0.185. The minimum absolute atomic E-state index is 0.0692. The third kappa shape index (κ3) is 4.77. The quantitative estimate of drug-likeness (QED) is 0.389. The van der Waals surface area contributed by atoms with Crippen LogP contribution in [-0.2, 0) is 9.59 Å². The van der Waals surface area contributed by atoms with Gasteiger partial charge >= 0.3 is 5.97 Å². The maximum atomic E-state index is 13.2. The molecule has 0 spiro atoms. The summed E-state index contributed by atoms with van der Waals surface area (Å²) in [5, 5.41) is 20.0. The fourth-order valence-corrected chi connectivity index (χ4v) is 4.24. The summed E-state index contributed by atoms with van der Waals surface area (Å²) in [5.74, 6) is -0.553. The number of rotatable bonds is 8. The van der Waals surface area contributed by atoms with Gasteiger partial charge in [0, 0.05) is 36.6 Å². The Labute approximate surface area is 202 Å². The molecule has 0 bridgehead atoms. The minimum atomic E-state index is -0.925. The monoisotopic (exact) mass is 468 g/mol. The van der Waals surface area contributed by atoms with Gasteiger partial charge in [-0.1, -0.05) is 48.5 Å². The van der Waals surface area contributed by atoms with Crippen molar-refractivity contribution in [2.45, 2.75) is 31.7 Å². The van der Waals surface area contributed by atoms with Crippen LogP contribution in [-0.4, -0.2) is 37.5 Å². The Morgan fingerprint density at radius 2 is 1.71 bits per heavy atom. The van der Waals surface area contributed by atoms with Crippen molar-refractivity contribution in [1.29, 1.82) is 0 Å². The Kier molecular flexibility index (Phi) is 6.26. The Bertz CT molecular complexity index is 1340. The number of carboxylic acids is 1. The number of amides is 1. The molecule has 176 valence electrons. The predicted molar refractivity (Wildman–Crippen MR) is 130 cm³/mol. The third-order valence-corrected chi connectivity index (χ3v) is 5.92. The number of nitrogens with zero attached hydrogens (tertiary/aromatic N) is 4. The van der Waals surface area contributed by atoms with Crippen molar-refractivity contribution >= 4 is 17.6 Å². The molecule has 35 heavy (non-hydrogen) atoms. The molecular weight excluding hydrogens is 444 g/mol. The number of benzene rings is 2. The van der Waals surface area contributed by atoms with Crippen molar-refractivity contribution in [3.63, 3.8) is 0 Å². The van der Waals surface area contributed by atoms with Gasteiger partial charge < -0.3 is 9.52 Å². The van der Waals surface area contributed by atoms with Gasteiger partial charge in [-0.2, -0.15) is 10.2 Å².